The van der Waals surface area contributed by atoms with Crippen LogP contribution in [0.1, 0.15) is 23.1 Å². The second kappa shape index (κ2) is 8.58. The second-order valence-corrected chi connectivity index (χ2v) is 7.21. The predicted molar refractivity (Wildman–Crippen MR) is 120 cm³/mol. The molecule has 0 aromatic heterocycles. The van der Waals surface area contributed by atoms with E-state index in [1.54, 1.807) is 0 Å². The summed E-state index contributed by atoms with van der Waals surface area (Å²) in [5.41, 5.74) is 7.44. The highest BCUT2D eigenvalue weighted by molar-refractivity contribution is 5.82. The predicted octanol–water partition coefficient (Wildman–Crippen LogP) is 6.79. The fourth-order valence-electron chi connectivity index (χ4n) is 3.45. The minimum atomic E-state index is 0.333. The molecule has 0 spiro atoms. The summed E-state index contributed by atoms with van der Waals surface area (Å²) in [5, 5.41) is 3.57. The van der Waals surface area contributed by atoms with Gasteiger partial charge in [-0.3, -0.25) is 0 Å². The highest BCUT2D eigenvalue weighted by atomic mass is 14.9. The number of hydrogen-bond donors (Lipinski definition) is 1. The topological polar surface area (TPSA) is 12.0 Å². The summed E-state index contributed by atoms with van der Waals surface area (Å²) in [7, 11) is 0. The van der Waals surface area contributed by atoms with Gasteiger partial charge < -0.3 is 5.32 Å². The Bertz CT molecular complexity index is 993. The molecular weight excluding hydrogens is 338 g/mol. The van der Waals surface area contributed by atoms with Crippen molar-refractivity contribution >= 4 is 11.3 Å². The molecule has 1 heteroatoms. The monoisotopic (exact) mass is 363 g/mol. The second-order valence-electron chi connectivity index (χ2n) is 7.21. The smallest absolute Gasteiger partial charge is 0.0482 e. The molecule has 1 unspecified atom stereocenters. The van der Waals surface area contributed by atoms with Crippen LogP contribution in [0.25, 0.3) is 5.57 Å². The van der Waals surface area contributed by atoms with Crippen LogP contribution < -0.4 is 5.32 Å². The normalized spacial score (nSPS) is 16.5. The number of allylic oxidation sites excluding steroid dienone is 3. The molecule has 3 aromatic rings. The molecule has 0 saturated heterocycles. The van der Waals surface area contributed by atoms with Crippen molar-refractivity contribution in [3.63, 3.8) is 0 Å². The number of benzene rings is 3. The largest absolute Gasteiger partial charge is 0.379 e. The molecule has 1 nitrogen and oxygen atoms in total. The van der Waals surface area contributed by atoms with Crippen LogP contribution in [-0.2, 0) is 0 Å². The fraction of sp³-hybridized carbons (Fsp3) is 0.111. The SMILES string of the molecule is Cc1ccc(C(=CC2=CCC(Nc3ccccc3)C=C2)c2ccccc2)cc1. The number of hydrogen-bond acceptors (Lipinski definition) is 1. The Balaban J connectivity index is 1.57. The first-order valence-electron chi connectivity index (χ1n) is 9.82. The van der Waals surface area contributed by atoms with E-state index >= 15 is 0 Å². The van der Waals surface area contributed by atoms with Gasteiger partial charge in [0.2, 0.25) is 0 Å². The van der Waals surface area contributed by atoms with Crippen LogP contribution in [0.15, 0.2) is 115 Å². The fourth-order valence-corrected chi connectivity index (χ4v) is 3.45. The van der Waals surface area contributed by atoms with E-state index < -0.39 is 0 Å². The van der Waals surface area contributed by atoms with Gasteiger partial charge in [0.15, 0.2) is 0 Å². The maximum atomic E-state index is 3.57. The Morgan fingerprint density at radius 2 is 1.46 bits per heavy atom. The Morgan fingerprint density at radius 1 is 0.821 bits per heavy atom. The van der Waals surface area contributed by atoms with Gasteiger partial charge in [-0.05, 0) is 53.8 Å². The van der Waals surface area contributed by atoms with Gasteiger partial charge in [-0.2, -0.15) is 0 Å². The quantitative estimate of drug-likeness (QED) is 0.526. The molecule has 1 aliphatic rings. The molecular formula is C27H25N. The molecule has 0 fully saturated rings. The highest BCUT2D eigenvalue weighted by Gasteiger charge is 2.10. The summed E-state index contributed by atoms with van der Waals surface area (Å²) < 4.78 is 0. The van der Waals surface area contributed by atoms with E-state index in [2.05, 4.69) is 115 Å². The Hall–Kier alpha value is -3.32. The number of nitrogens with one attached hydrogen (secondary N) is 1. The van der Waals surface area contributed by atoms with Gasteiger partial charge in [-0.15, -0.1) is 0 Å². The van der Waals surface area contributed by atoms with Crippen LogP contribution in [0.5, 0.6) is 0 Å². The first-order chi connectivity index (χ1) is 13.8. The van der Waals surface area contributed by atoms with Gasteiger partial charge in [0.1, 0.15) is 0 Å². The van der Waals surface area contributed by atoms with E-state index in [1.165, 1.54) is 27.8 Å². The van der Waals surface area contributed by atoms with Crippen LogP contribution >= 0.6 is 0 Å². The summed E-state index contributed by atoms with van der Waals surface area (Å²) in [4.78, 5) is 0. The molecule has 0 radical (unpaired) electrons. The van der Waals surface area contributed by atoms with E-state index in [0.29, 0.717) is 6.04 Å². The van der Waals surface area contributed by atoms with Crippen LogP contribution in [-0.4, -0.2) is 6.04 Å². The van der Waals surface area contributed by atoms with Crippen molar-refractivity contribution in [2.75, 3.05) is 5.32 Å². The Kier molecular flexibility index (Phi) is 5.53. The first kappa shape index (κ1) is 18.1. The van der Waals surface area contributed by atoms with E-state index in [9.17, 15) is 0 Å². The molecule has 0 aliphatic heterocycles. The molecule has 4 rings (SSSR count). The van der Waals surface area contributed by atoms with Crippen LogP contribution in [0, 0.1) is 6.92 Å². The Labute approximate surface area is 167 Å². The number of aryl methyl sites for hydroxylation is 1. The summed E-state index contributed by atoms with van der Waals surface area (Å²) in [6.07, 6.45) is 10.1. The third kappa shape index (κ3) is 4.50. The zero-order chi connectivity index (χ0) is 19.2. The molecule has 28 heavy (non-hydrogen) atoms. The van der Waals surface area contributed by atoms with Crippen LogP contribution in [0.3, 0.4) is 0 Å². The van der Waals surface area contributed by atoms with E-state index in [4.69, 9.17) is 0 Å². The van der Waals surface area contributed by atoms with Gasteiger partial charge in [0.05, 0.1) is 0 Å². The first-order valence-corrected chi connectivity index (χ1v) is 9.82. The molecule has 0 bridgehead atoms. The average molecular weight is 364 g/mol. The van der Waals surface area contributed by atoms with Crippen molar-refractivity contribution in [3.8, 4) is 0 Å². The van der Waals surface area contributed by atoms with Gasteiger partial charge >= 0.3 is 0 Å². The van der Waals surface area contributed by atoms with Crippen molar-refractivity contribution in [3.05, 3.63) is 131 Å². The summed E-state index contributed by atoms with van der Waals surface area (Å²) in [5.74, 6) is 0. The molecule has 0 amide bonds. The lowest BCUT2D eigenvalue weighted by Crippen LogP contribution is -2.17. The van der Waals surface area contributed by atoms with Crippen molar-refractivity contribution in [2.24, 2.45) is 0 Å². The number of anilines is 1. The lowest BCUT2D eigenvalue weighted by atomic mass is 9.93. The molecule has 3 aromatic carbocycles. The van der Waals surface area contributed by atoms with Crippen molar-refractivity contribution < 1.29 is 0 Å². The zero-order valence-corrected chi connectivity index (χ0v) is 16.2. The van der Waals surface area contributed by atoms with Gasteiger partial charge in [-0.25, -0.2) is 0 Å². The third-order valence-corrected chi connectivity index (χ3v) is 5.01. The summed E-state index contributed by atoms with van der Waals surface area (Å²) in [6.45, 7) is 2.13. The van der Waals surface area contributed by atoms with E-state index in [0.717, 1.165) is 12.1 Å². The maximum absolute atomic E-state index is 3.57. The lowest BCUT2D eigenvalue weighted by molar-refractivity contribution is 0.878. The van der Waals surface area contributed by atoms with Crippen LogP contribution in [0.4, 0.5) is 5.69 Å². The summed E-state index contributed by atoms with van der Waals surface area (Å²) in [6, 6.07) is 30.1. The highest BCUT2D eigenvalue weighted by Crippen LogP contribution is 2.27. The standard InChI is InChI=1S/C27H25N/c1-21-12-16-24(17-13-21)27(23-8-4-2-5-9-23)20-22-14-18-26(19-15-22)28-25-10-6-3-7-11-25/h2-18,20,26,28H,19H2,1H3. The number of para-hydroxylation sites is 1. The number of rotatable bonds is 5. The molecule has 1 atom stereocenters. The molecule has 1 aliphatic carbocycles. The molecule has 1 N–H and O–H groups in total. The van der Waals surface area contributed by atoms with E-state index in [-0.39, 0.29) is 0 Å². The maximum Gasteiger partial charge on any atom is 0.0482 e. The average Bonchev–Trinajstić information content (AvgIpc) is 2.75. The van der Waals surface area contributed by atoms with Crippen LogP contribution in [0.2, 0.25) is 0 Å². The molecule has 0 heterocycles. The zero-order valence-electron chi connectivity index (χ0n) is 16.2. The summed E-state index contributed by atoms with van der Waals surface area (Å²) >= 11 is 0. The van der Waals surface area contributed by atoms with Crippen molar-refractivity contribution in [1.82, 2.24) is 0 Å². The molecule has 138 valence electrons. The minimum Gasteiger partial charge on any atom is -0.379 e. The Morgan fingerprint density at radius 3 is 2.11 bits per heavy atom. The van der Waals surface area contributed by atoms with Crippen molar-refractivity contribution in [1.29, 1.82) is 0 Å². The molecule has 0 saturated carbocycles. The third-order valence-electron chi connectivity index (χ3n) is 5.01. The lowest BCUT2D eigenvalue weighted by Gasteiger charge is -2.19. The van der Waals surface area contributed by atoms with E-state index in [1.807, 2.05) is 6.07 Å². The van der Waals surface area contributed by atoms with Gasteiger partial charge in [-0.1, -0.05) is 96.6 Å². The van der Waals surface area contributed by atoms with Gasteiger partial charge in [0, 0.05) is 11.7 Å². The minimum absolute atomic E-state index is 0.333. The van der Waals surface area contributed by atoms with Gasteiger partial charge in [0.25, 0.3) is 0 Å². The van der Waals surface area contributed by atoms with Crippen molar-refractivity contribution in [2.45, 2.75) is 19.4 Å².